The molecule has 0 fully saturated rings. The normalized spacial score (nSPS) is 12.8. The number of rotatable bonds is 6. The van der Waals surface area contributed by atoms with Gasteiger partial charge in [-0.3, -0.25) is 9.78 Å². The Kier molecular flexibility index (Phi) is 5.25. The van der Waals surface area contributed by atoms with Crippen LogP contribution in [0.3, 0.4) is 0 Å². The Morgan fingerprint density at radius 3 is 2.67 bits per heavy atom. The van der Waals surface area contributed by atoms with Gasteiger partial charge in [-0.25, -0.2) is 4.98 Å². The zero-order chi connectivity index (χ0) is 18.6. The number of imidazole rings is 1. The Morgan fingerprint density at radius 2 is 1.93 bits per heavy atom. The number of fused-ring (bicyclic) bond motifs is 1. The lowest BCUT2D eigenvalue weighted by Crippen LogP contribution is -2.06. The minimum Gasteiger partial charge on any atom is -0.465 e. The molecule has 27 heavy (non-hydrogen) atoms. The smallest absolute Gasteiger partial charge is 0.316 e. The van der Waals surface area contributed by atoms with Crippen LogP contribution in [0.4, 0.5) is 0 Å². The van der Waals surface area contributed by atoms with Crippen molar-refractivity contribution >= 4 is 17.7 Å². The van der Waals surface area contributed by atoms with Gasteiger partial charge >= 0.3 is 5.97 Å². The van der Waals surface area contributed by atoms with Crippen LogP contribution in [0.2, 0.25) is 0 Å². The van der Waals surface area contributed by atoms with E-state index in [1.807, 2.05) is 43.6 Å². The molecule has 1 aliphatic rings. The molecule has 4 rings (SSSR count). The van der Waals surface area contributed by atoms with E-state index in [4.69, 9.17) is 9.72 Å². The Labute approximate surface area is 162 Å². The summed E-state index contributed by atoms with van der Waals surface area (Å²) in [5.74, 6) is 1.29. The monoisotopic (exact) mass is 379 g/mol. The first-order valence-electron chi connectivity index (χ1n) is 9.15. The lowest BCUT2D eigenvalue weighted by Gasteiger charge is -2.09. The van der Waals surface area contributed by atoms with Crippen LogP contribution in [0.1, 0.15) is 19.2 Å². The van der Waals surface area contributed by atoms with Crippen LogP contribution in [-0.4, -0.2) is 32.9 Å². The van der Waals surface area contributed by atoms with E-state index in [1.165, 1.54) is 11.8 Å². The quantitative estimate of drug-likeness (QED) is 0.474. The Bertz CT molecular complexity index is 936. The third-order valence-corrected chi connectivity index (χ3v) is 5.56. The summed E-state index contributed by atoms with van der Waals surface area (Å²) in [6.45, 7) is 3.24. The number of ether oxygens (including phenoxy) is 1. The van der Waals surface area contributed by atoms with Gasteiger partial charge in [-0.1, -0.05) is 12.1 Å². The lowest BCUT2D eigenvalue weighted by atomic mass is 10.1. The van der Waals surface area contributed by atoms with Crippen molar-refractivity contribution in [3.05, 3.63) is 54.6 Å². The van der Waals surface area contributed by atoms with E-state index in [1.54, 1.807) is 0 Å². The molecule has 5 nitrogen and oxygen atoms in total. The molecule has 0 radical (unpaired) electrons. The van der Waals surface area contributed by atoms with Gasteiger partial charge in [0.15, 0.2) is 0 Å². The third kappa shape index (κ3) is 3.76. The Balaban J connectivity index is 1.62. The summed E-state index contributed by atoms with van der Waals surface area (Å²) in [5.41, 5.74) is 4.40. The first-order valence-corrected chi connectivity index (χ1v) is 10.1. The number of benzene rings is 1. The van der Waals surface area contributed by atoms with Crippen LogP contribution < -0.4 is 0 Å². The number of pyridine rings is 1. The van der Waals surface area contributed by atoms with Crippen LogP contribution in [0.25, 0.3) is 22.5 Å². The second-order valence-corrected chi connectivity index (χ2v) is 7.38. The molecule has 3 heterocycles. The average Bonchev–Trinajstić information content (AvgIpc) is 3.29. The van der Waals surface area contributed by atoms with Gasteiger partial charge in [0.2, 0.25) is 0 Å². The van der Waals surface area contributed by atoms with Gasteiger partial charge in [0.05, 0.1) is 23.7 Å². The second-order valence-electron chi connectivity index (χ2n) is 6.33. The summed E-state index contributed by atoms with van der Waals surface area (Å²) >= 11 is 1.49. The highest BCUT2D eigenvalue weighted by molar-refractivity contribution is 8.00. The van der Waals surface area contributed by atoms with Gasteiger partial charge in [0.25, 0.3) is 0 Å². The maximum absolute atomic E-state index is 11.5. The number of nitrogens with zero attached hydrogens (tertiary/aromatic N) is 3. The summed E-state index contributed by atoms with van der Waals surface area (Å²) in [7, 11) is 0. The summed E-state index contributed by atoms with van der Waals surface area (Å²) in [6, 6.07) is 12.3. The van der Waals surface area contributed by atoms with Crippen LogP contribution >= 0.6 is 11.8 Å². The van der Waals surface area contributed by atoms with E-state index < -0.39 is 0 Å². The van der Waals surface area contributed by atoms with E-state index in [0.717, 1.165) is 52.6 Å². The molecule has 0 bridgehead atoms. The molecule has 3 aromatic rings. The van der Waals surface area contributed by atoms with Gasteiger partial charge < -0.3 is 9.30 Å². The zero-order valence-electron chi connectivity index (χ0n) is 15.2. The molecule has 1 aromatic carbocycles. The first-order chi connectivity index (χ1) is 13.3. The van der Waals surface area contributed by atoms with Crippen molar-refractivity contribution in [3.63, 3.8) is 0 Å². The van der Waals surface area contributed by atoms with Crippen LogP contribution in [0, 0.1) is 0 Å². The highest BCUT2D eigenvalue weighted by Gasteiger charge is 2.23. The molecule has 0 atom stereocenters. The molecule has 0 saturated carbocycles. The van der Waals surface area contributed by atoms with Gasteiger partial charge in [-0.2, -0.15) is 0 Å². The van der Waals surface area contributed by atoms with E-state index in [9.17, 15) is 4.79 Å². The number of hydrogen-bond donors (Lipinski definition) is 0. The fourth-order valence-electron chi connectivity index (χ4n) is 3.38. The van der Waals surface area contributed by atoms with Crippen molar-refractivity contribution < 1.29 is 9.53 Å². The fraction of sp³-hybridized carbons (Fsp3) is 0.286. The zero-order valence-corrected chi connectivity index (χ0v) is 16.0. The minimum atomic E-state index is -0.183. The van der Waals surface area contributed by atoms with Crippen LogP contribution in [0.5, 0.6) is 0 Å². The minimum absolute atomic E-state index is 0.183. The van der Waals surface area contributed by atoms with E-state index >= 15 is 0 Å². The summed E-state index contributed by atoms with van der Waals surface area (Å²) < 4.78 is 7.31. The van der Waals surface area contributed by atoms with Crippen molar-refractivity contribution in [2.24, 2.45) is 0 Å². The largest absolute Gasteiger partial charge is 0.465 e. The number of carbonyl (C=O) groups excluding carboxylic acids is 1. The van der Waals surface area contributed by atoms with Gasteiger partial charge in [0.1, 0.15) is 5.82 Å². The highest BCUT2D eigenvalue weighted by atomic mass is 32.2. The van der Waals surface area contributed by atoms with Gasteiger partial charge in [0, 0.05) is 41.4 Å². The predicted molar refractivity (Wildman–Crippen MR) is 107 cm³/mol. The third-order valence-electron chi connectivity index (χ3n) is 4.57. The standard InChI is InChI=1S/C21H21N3O2S/c1-2-26-19(25)14-27-17-7-5-15(6-8-17)20-21(16-9-11-22-12-10-16)24-13-3-4-18(24)23-20/h5-12H,2-4,13-14H2,1H3. The van der Waals surface area contributed by atoms with E-state index in [2.05, 4.69) is 21.7 Å². The molecule has 0 saturated heterocycles. The molecule has 0 aliphatic carbocycles. The number of carbonyl (C=O) groups is 1. The number of aromatic nitrogens is 3. The fourth-order valence-corrected chi connectivity index (χ4v) is 4.08. The molecule has 1 aliphatic heterocycles. The SMILES string of the molecule is CCOC(=O)CSc1ccc(-c2nc3n(c2-c2ccncc2)CCC3)cc1. The molecule has 0 N–H and O–H groups in total. The Morgan fingerprint density at radius 1 is 1.15 bits per heavy atom. The highest BCUT2D eigenvalue weighted by Crippen LogP contribution is 2.36. The molecule has 2 aromatic heterocycles. The molecule has 0 spiro atoms. The summed E-state index contributed by atoms with van der Waals surface area (Å²) in [4.78, 5) is 21.6. The number of thioether (sulfide) groups is 1. The van der Waals surface area contributed by atoms with Gasteiger partial charge in [-0.15, -0.1) is 11.8 Å². The molecule has 138 valence electrons. The maximum atomic E-state index is 11.5. The van der Waals surface area contributed by atoms with E-state index in [0.29, 0.717) is 12.4 Å². The number of hydrogen-bond acceptors (Lipinski definition) is 5. The van der Waals surface area contributed by atoms with Crippen LogP contribution in [-0.2, 0) is 22.5 Å². The maximum Gasteiger partial charge on any atom is 0.316 e. The predicted octanol–water partition coefficient (Wildman–Crippen LogP) is 4.21. The summed E-state index contributed by atoms with van der Waals surface area (Å²) in [6.07, 6.45) is 5.81. The molecule has 0 amide bonds. The number of aryl methyl sites for hydroxylation is 1. The lowest BCUT2D eigenvalue weighted by molar-refractivity contribution is -0.139. The molecule has 0 unspecified atom stereocenters. The van der Waals surface area contributed by atoms with E-state index in [-0.39, 0.29) is 5.97 Å². The van der Waals surface area contributed by atoms with Crippen molar-refractivity contribution in [1.82, 2.24) is 14.5 Å². The average molecular weight is 379 g/mol. The van der Waals surface area contributed by atoms with Crippen molar-refractivity contribution in [2.75, 3.05) is 12.4 Å². The Hall–Kier alpha value is -2.60. The first kappa shape index (κ1) is 17.8. The van der Waals surface area contributed by atoms with Crippen molar-refractivity contribution in [2.45, 2.75) is 31.2 Å². The van der Waals surface area contributed by atoms with Crippen molar-refractivity contribution in [1.29, 1.82) is 0 Å². The van der Waals surface area contributed by atoms with Gasteiger partial charge in [-0.05, 0) is 37.6 Å². The van der Waals surface area contributed by atoms with Crippen molar-refractivity contribution in [3.8, 4) is 22.5 Å². The molecule has 6 heteroatoms. The summed E-state index contributed by atoms with van der Waals surface area (Å²) in [5, 5.41) is 0. The second kappa shape index (κ2) is 7.96. The van der Waals surface area contributed by atoms with Crippen LogP contribution in [0.15, 0.2) is 53.7 Å². The molecular formula is C21H21N3O2S. The topological polar surface area (TPSA) is 57.0 Å². The number of esters is 1. The molecular weight excluding hydrogens is 358 g/mol.